The Morgan fingerprint density at radius 3 is 2.86 bits per heavy atom. The molecule has 1 aliphatic rings. The van der Waals surface area contributed by atoms with Crippen molar-refractivity contribution in [1.82, 2.24) is 5.43 Å². The van der Waals surface area contributed by atoms with E-state index in [0.29, 0.717) is 0 Å². The van der Waals surface area contributed by atoms with Crippen LogP contribution in [0.5, 0.6) is 0 Å². The molecule has 1 aliphatic carbocycles. The largest absolute Gasteiger partial charge is 0.271 e. The summed E-state index contributed by atoms with van der Waals surface area (Å²) >= 11 is 5.49. The van der Waals surface area contributed by atoms with Gasteiger partial charge >= 0.3 is 0 Å². The third-order valence-corrected chi connectivity index (χ3v) is 5.98. The highest BCUT2D eigenvalue weighted by molar-refractivity contribution is 9.10. The smallest absolute Gasteiger partial charge is 0.0593 e. The van der Waals surface area contributed by atoms with E-state index in [1.165, 1.54) is 42.5 Å². The second-order valence-corrected chi connectivity index (χ2v) is 7.80. The van der Waals surface area contributed by atoms with E-state index >= 15 is 0 Å². The predicted octanol–water partition coefficient (Wildman–Crippen LogP) is 4.53. The zero-order valence-electron chi connectivity index (χ0n) is 12.1. The molecule has 4 heteroatoms. The summed E-state index contributed by atoms with van der Waals surface area (Å²) in [7, 11) is 0. The summed E-state index contributed by atoms with van der Waals surface area (Å²) in [5.74, 6) is 5.82. The number of thiophene rings is 1. The quantitative estimate of drug-likeness (QED) is 0.475. The van der Waals surface area contributed by atoms with Crippen LogP contribution in [0.4, 0.5) is 0 Å². The van der Waals surface area contributed by atoms with Gasteiger partial charge in [0.2, 0.25) is 0 Å². The first-order valence-electron chi connectivity index (χ1n) is 7.58. The van der Waals surface area contributed by atoms with Crippen LogP contribution in [-0.2, 0) is 19.3 Å². The van der Waals surface area contributed by atoms with Gasteiger partial charge in [0.15, 0.2) is 0 Å². The minimum atomic E-state index is 0.205. The summed E-state index contributed by atoms with van der Waals surface area (Å²) in [5.41, 5.74) is 5.87. The Morgan fingerprint density at radius 1 is 1.19 bits per heavy atom. The number of hydrazine groups is 1. The molecule has 0 spiro atoms. The molecular weight excluding hydrogens is 344 g/mol. The molecule has 21 heavy (non-hydrogen) atoms. The van der Waals surface area contributed by atoms with Gasteiger partial charge in [-0.2, -0.15) is 0 Å². The van der Waals surface area contributed by atoms with Gasteiger partial charge in [0, 0.05) is 14.2 Å². The summed E-state index contributed by atoms with van der Waals surface area (Å²) in [5, 5.41) is 0. The van der Waals surface area contributed by atoms with Crippen LogP contribution in [0.15, 0.2) is 34.8 Å². The van der Waals surface area contributed by atoms with Crippen LogP contribution in [0.2, 0.25) is 0 Å². The molecule has 0 amide bonds. The van der Waals surface area contributed by atoms with E-state index in [-0.39, 0.29) is 6.04 Å². The second kappa shape index (κ2) is 7.05. The topological polar surface area (TPSA) is 38.0 Å². The molecule has 0 saturated carbocycles. The van der Waals surface area contributed by atoms with E-state index in [2.05, 4.69) is 51.7 Å². The molecule has 0 bridgehead atoms. The maximum Gasteiger partial charge on any atom is 0.0593 e. The SMILES string of the molecule is NNC(Cc1cccc(Br)c1)c1cc2c(s1)CCCCC2. The van der Waals surface area contributed by atoms with E-state index < -0.39 is 0 Å². The van der Waals surface area contributed by atoms with Gasteiger partial charge in [-0.15, -0.1) is 11.3 Å². The van der Waals surface area contributed by atoms with E-state index in [1.807, 2.05) is 11.3 Å². The number of rotatable bonds is 4. The highest BCUT2D eigenvalue weighted by Crippen LogP contribution is 2.33. The van der Waals surface area contributed by atoms with Crippen molar-refractivity contribution >= 4 is 27.3 Å². The van der Waals surface area contributed by atoms with E-state index in [1.54, 1.807) is 10.4 Å². The maximum absolute atomic E-state index is 5.82. The lowest BCUT2D eigenvalue weighted by Gasteiger charge is -2.14. The summed E-state index contributed by atoms with van der Waals surface area (Å²) in [4.78, 5) is 2.96. The highest BCUT2D eigenvalue weighted by atomic mass is 79.9. The number of aryl methyl sites for hydroxylation is 2. The summed E-state index contributed by atoms with van der Waals surface area (Å²) in [6.07, 6.45) is 7.44. The van der Waals surface area contributed by atoms with Crippen molar-refractivity contribution in [3.8, 4) is 0 Å². The van der Waals surface area contributed by atoms with Crippen molar-refractivity contribution in [3.63, 3.8) is 0 Å². The first kappa shape index (κ1) is 15.2. The van der Waals surface area contributed by atoms with Crippen molar-refractivity contribution in [2.24, 2.45) is 5.84 Å². The molecule has 2 aromatic rings. The van der Waals surface area contributed by atoms with Gasteiger partial charge in [-0.25, -0.2) is 0 Å². The summed E-state index contributed by atoms with van der Waals surface area (Å²) in [6, 6.07) is 11.1. The monoisotopic (exact) mass is 364 g/mol. The molecule has 0 aliphatic heterocycles. The second-order valence-electron chi connectivity index (χ2n) is 5.71. The van der Waals surface area contributed by atoms with Crippen molar-refractivity contribution in [2.45, 2.75) is 44.6 Å². The van der Waals surface area contributed by atoms with Crippen LogP contribution in [-0.4, -0.2) is 0 Å². The van der Waals surface area contributed by atoms with Gasteiger partial charge in [-0.05, 0) is 61.4 Å². The Kier molecular flexibility index (Phi) is 5.11. The summed E-state index contributed by atoms with van der Waals surface area (Å²) < 4.78 is 1.12. The predicted molar refractivity (Wildman–Crippen MR) is 93.5 cm³/mol. The lowest BCUT2D eigenvalue weighted by molar-refractivity contribution is 0.560. The number of halogens is 1. The van der Waals surface area contributed by atoms with Crippen LogP contribution >= 0.6 is 27.3 Å². The Balaban J connectivity index is 1.80. The molecule has 2 nitrogen and oxygen atoms in total. The van der Waals surface area contributed by atoms with Crippen LogP contribution in [0, 0.1) is 0 Å². The Bertz CT molecular complexity index is 585. The third-order valence-electron chi connectivity index (χ3n) is 4.14. The maximum atomic E-state index is 5.82. The minimum Gasteiger partial charge on any atom is -0.271 e. The molecule has 1 aromatic carbocycles. The lowest BCUT2D eigenvalue weighted by Crippen LogP contribution is -2.29. The van der Waals surface area contributed by atoms with E-state index in [9.17, 15) is 0 Å². The fraction of sp³-hybridized carbons (Fsp3) is 0.412. The molecule has 1 heterocycles. The molecule has 0 radical (unpaired) electrons. The molecule has 112 valence electrons. The number of fused-ring (bicyclic) bond motifs is 1. The Hall–Kier alpha value is -0.680. The highest BCUT2D eigenvalue weighted by Gasteiger charge is 2.18. The Labute approximate surface area is 138 Å². The van der Waals surface area contributed by atoms with Crippen LogP contribution in [0.3, 0.4) is 0 Å². The van der Waals surface area contributed by atoms with Crippen molar-refractivity contribution in [3.05, 3.63) is 55.7 Å². The lowest BCUT2D eigenvalue weighted by atomic mass is 10.0. The number of nitrogens with one attached hydrogen (secondary N) is 1. The number of nitrogens with two attached hydrogens (primary N) is 1. The molecular formula is C17H21BrN2S. The van der Waals surface area contributed by atoms with Gasteiger partial charge < -0.3 is 0 Å². The average Bonchev–Trinajstić information content (AvgIpc) is 2.75. The van der Waals surface area contributed by atoms with Gasteiger partial charge in [-0.1, -0.05) is 34.5 Å². The van der Waals surface area contributed by atoms with Crippen molar-refractivity contribution in [1.29, 1.82) is 0 Å². The van der Waals surface area contributed by atoms with Gasteiger partial charge in [0.25, 0.3) is 0 Å². The fourth-order valence-electron chi connectivity index (χ4n) is 3.00. The van der Waals surface area contributed by atoms with E-state index in [0.717, 1.165) is 10.9 Å². The molecule has 1 aromatic heterocycles. The third kappa shape index (κ3) is 3.75. The zero-order chi connectivity index (χ0) is 14.7. The van der Waals surface area contributed by atoms with Crippen molar-refractivity contribution in [2.75, 3.05) is 0 Å². The van der Waals surface area contributed by atoms with Gasteiger partial charge in [-0.3, -0.25) is 11.3 Å². The minimum absolute atomic E-state index is 0.205. The average molecular weight is 365 g/mol. The van der Waals surface area contributed by atoms with Crippen LogP contribution in [0.1, 0.15) is 46.2 Å². The number of hydrogen-bond acceptors (Lipinski definition) is 3. The van der Waals surface area contributed by atoms with Gasteiger partial charge in [0.05, 0.1) is 6.04 Å². The standard InChI is InChI=1S/C17H21BrN2S/c18-14-7-4-5-12(9-14)10-15(20-19)17-11-13-6-2-1-3-8-16(13)21-17/h4-5,7,9,11,15,20H,1-3,6,8,10,19H2. The van der Waals surface area contributed by atoms with E-state index in [4.69, 9.17) is 5.84 Å². The zero-order valence-corrected chi connectivity index (χ0v) is 14.5. The first-order valence-corrected chi connectivity index (χ1v) is 9.19. The van der Waals surface area contributed by atoms with Crippen LogP contribution in [0.25, 0.3) is 0 Å². The molecule has 1 atom stereocenters. The molecule has 0 fully saturated rings. The van der Waals surface area contributed by atoms with Crippen LogP contribution < -0.4 is 11.3 Å². The van der Waals surface area contributed by atoms with Crippen molar-refractivity contribution < 1.29 is 0 Å². The molecule has 3 N–H and O–H groups in total. The molecule has 1 unspecified atom stereocenters. The van der Waals surface area contributed by atoms with Gasteiger partial charge in [0.1, 0.15) is 0 Å². The number of hydrogen-bond donors (Lipinski definition) is 2. The Morgan fingerprint density at radius 2 is 2.05 bits per heavy atom. The molecule has 0 saturated heterocycles. The fourth-order valence-corrected chi connectivity index (χ4v) is 4.77. The molecule has 3 rings (SSSR count). The number of benzene rings is 1. The first-order chi connectivity index (χ1) is 10.3. The summed E-state index contributed by atoms with van der Waals surface area (Å²) in [6.45, 7) is 0. The normalized spacial score (nSPS) is 16.3.